The second kappa shape index (κ2) is 8.23. The van der Waals surface area contributed by atoms with Gasteiger partial charge in [0.15, 0.2) is 0 Å². The molecule has 1 aromatic heterocycles. The molecule has 2 aromatic carbocycles. The summed E-state index contributed by atoms with van der Waals surface area (Å²) in [7, 11) is 0. The molecule has 144 valence electrons. The van der Waals surface area contributed by atoms with Gasteiger partial charge in [-0.15, -0.1) is 11.8 Å². The number of aryl methyl sites for hydroxylation is 3. The largest absolute Gasteiger partial charge is 0.361 e. The van der Waals surface area contributed by atoms with Gasteiger partial charge in [-0.3, -0.25) is 4.79 Å². The number of amides is 1. The zero-order valence-corrected chi connectivity index (χ0v) is 17.0. The molecule has 5 heteroatoms. The minimum Gasteiger partial charge on any atom is -0.361 e. The Morgan fingerprint density at radius 2 is 1.96 bits per heavy atom. The molecular formula is C23H24N2O2S. The molecule has 1 aliphatic rings. The van der Waals surface area contributed by atoms with Gasteiger partial charge in [-0.1, -0.05) is 41.6 Å². The van der Waals surface area contributed by atoms with E-state index in [1.54, 1.807) is 11.8 Å². The van der Waals surface area contributed by atoms with Crippen molar-refractivity contribution in [1.82, 2.24) is 10.5 Å². The molecule has 1 amide bonds. The maximum atomic E-state index is 13.1. The van der Waals surface area contributed by atoms with Gasteiger partial charge in [0.1, 0.15) is 5.76 Å². The summed E-state index contributed by atoms with van der Waals surface area (Å²) in [4.78, 5) is 14.1. The predicted molar refractivity (Wildman–Crippen MR) is 112 cm³/mol. The van der Waals surface area contributed by atoms with Gasteiger partial charge >= 0.3 is 0 Å². The number of carbonyl (C=O) groups excluding carboxylic acids is 1. The highest BCUT2D eigenvalue weighted by Crippen LogP contribution is 2.32. The van der Waals surface area contributed by atoms with Crippen molar-refractivity contribution in [1.29, 1.82) is 0 Å². The molecule has 0 fully saturated rings. The maximum absolute atomic E-state index is 13.1. The standard InChI is InChI=1S/C23H24N2O2S/c1-15-20(16(2)27-25-15)14-28-22-13-6-5-11-19(22)23(26)24-21-12-7-9-17-8-3-4-10-18(17)21/h3-6,8,10-11,13,21H,7,9,12,14H2,1-2H3,(H,24,26). The summed E-state index contributed by atoms with van der Waals surface area (Å²) in [6, 6.07) is 16.3. The lowest BCUT2D eigenvalue weighted by Gasteiger charge is -2.26. The summed E-state index contributed by atoms with van der Waals surface area (Å²) >= 11 is 1.65. The van der Waals surface area contributed by atoms with Crippen LogP contribution in [0.4, 0.5) is 0 Å². The number of fused-ring (bicyclic) bond motifs is 1. The van der Waals surface area contributed by atoms with Crippen LogP contribution in [-0.4, -0.2) is 11.1 Å². The summed E-state index contributed by atoms with van der Waals surface area (Å²) in [5.41, 5.74) is 5.33. The third kappa shape index (κ3) is 3.85. The van der Waals surface area contributed by atoms with E-state index in [1.165, 1.54) is 11.1 Å². The van der Waals surface area contributed by atoms with E-state index in [1.807, 2.05) is 38.1 Å². The molecule has 1 unspecified atom stereocenters. The molecule has 0 saturated heterocycles. The minimum atomic E-state index is -0.0106. The van der Waals surface area contributed by atoms with Crippen LogP contribution in [0.25, 0.3) is 0 Å². The lowest BCUT2D eigenvalue weighted by Crippen LogP contribution is -2.31. The first-order valence-electron chi connectivity index (χ1n) is 9.65. The van der Waals surface area contributed by atoms with Gasteiger partial charge in [-0.2, -0.15) is 0 Å². The minimum absolute atomic E-state index is 0.0106. The van der Waals surface area contributed by atoms with Gasteiger partial charge in [0, 0.05) is 16.2 Å². The summed E-state index contributed by atoms with van der Waals surface area (Å²) < 4.78 is 5.25. The number of aromatic nitrogens is 1. The van der Waals surface area contributed by atoms with Gasteiger partial charge < -0.3 is 9.84 Å². The number of hydrogen-bond acceptors (Lipinski definition) is 4. The predicted octanol–water partition coefficient (Wildman–Crippen LogP) is 5.39. The second-order valence-corrected chi connectivity index (χ2v) is 8.22. The van der Waals surface area contributed by atoms with Crippen molar-refractivity contribution in [3.8, 4) is 0 Å². The Labute approximate surface area is 169 Å². The zero-order chi connectivity index (χ0) is 19.5. The van der Waals surface area contributed by atoms with Crippen molar-refractivity contribution in [3.63, 3.8) is 0 Å². The smallest absolute Gasteiger partial charge is 0.252 e. The van der Waals surface area contributed by atoms with E-state index in [0.717, 1.165) is 52.5 Å². The molecule has 1 aliphatic carbocycles. The Balaban J connectivity index is 1.51. The van der Waals surface area contributed by atoms with E-state index in [2.05, 4.69) is 34.7 Å². The third-order valence-corrected chi connectivity index (χ3v) is 6.46. The summed E-state index contributed by atoms with van der Waals surface area (Å²) in [6.07, 6.45) is 3.17. The fraction of sp³-hybridized carbons (Fsp3) is 0.304. The van der Waals surface area contributed by atoms with E-state index >= 15 is 0 Å². The average molecular weight is 393 g/mol. The first kappa shape index (κ1) is 18.8. The van der Waals surface area contributed by atoms with Crippen molar-refractivity contribution in [3.05, 3.63) is 82.2 Å². The van der Waals surface area contributed by atoms with Gasteiger partial charge in [-0.05, 0) is 56.4 Å². The Kier molecular flexibility index (Phi) is 5.53. The van der Waals surface area contributed by atoms with E-state index in [9.17, 15) is 4.79 Å². The normalized spacial score (nSPS) is 15.9. The van der Waals surface area contributed by atoms with Crippen LogP contribution < -0.4 is 5.32 Å². The van der Waals surface area contributed by atoms with E-state index < -0.39 is 0 Å². The molecule has 3 aromatic rings. The third-order valence-electron chi connectivity index (χ3n) is 5.36. The van der Waals surface area contributed by atoms with Crippen LogP contribution in [0.3, 0.4) is 0 Å². The average Bonchev–Trinajstić information content (AvgIpc) is 3.04. The van der Waals surface area contributed by atoms with Crippen LogP contribution in [0.2, 0.25) is 0 Å². The molecule has 1 heterocycles. The molecule has 1 N–H and O–H groups in total. The van der Waals surface area contributed by atoms with E-state index in [4.69, 9.17) is 4.52 Å². The highest BCUT2D eigenvalue weighted by atomic mass is 32.2. The van der Waals surface area contributed by atoms with Crippen LogP contribution in [0.15, 0.2) is 57.9 Å². The Morgan fingerprint density at radius 3 is 2.79 bits per heavy atom. The van der Waals surface area contributed by atoms with Crippen molar-refractivity contribution >= 4 is 17.7 Å². The first-order valence-corrected chi connectivity index (χ1v) is 10.6. The zero-order valence-electron chi connectivity index (χ0n) is 16.2. The number of thioether (sulfide) groups is 1. The van der Waals surface area contributed by atoms with Crippen molar-refractivity contribution < 1.29 is 9.32 Å². The molecule has 0 saturated carbocycles. The number of carbonyl (C=O) groups is 1. The number of nitrogens with one attached hydrogen (secondary N) is 1. The monoisotopic (exact) mass is 392 g/mol. The number of hydrogen-bond donors (Lipinski definition) is 1. The van der Waals surface area contributed by atoms with E-state index in [-0.39, 0.29) is 11.9 Å². The Bertz CT molecular complexity index is 976. The lowest BCUT2D eigenvalue weighted by atomic mass is 9.87. The van der Waals surface area contributed by atoms with E-state index in [0.29, 0.717) is 0 Å². The highest BCUT2D eigenvalue weighted by molar-refractivity contribution is 7.98. The van der Waals surface area contributed by atoms with Crippen molar-refractivity contribution in [2.24, 2.45) is 0 Å². The summed E-state index contributed by atoms with van der Waals surface area (Å²) in [6.45, 7) is 3.88. The number of benzene rings is 2. The molecule has 0 aliphatic heterocycles. The van der Waals surface area contributed by atoms with Gasteiger partial charge in [0.25, 0.3) is 5.91 Å². The molecule has 4 rings (SSSR count). The van der Waals surface area contributed by atoms with Crippen LogP contribution in [0.5, 0.6) is 0 Å². The van der Waals surface area contributed by atoms with Crippen LogP contribution in [0, 0.1) is 13.8 Å². The molecule has 4 nitrogen and oxygen atoms in total. The molecule has 0 bridgehead atoms. The highest BCUT2D eigenvalue weighted by Gasteiger charge is 2.23. The second-order valence-electron chi connectivity index (χ2n) is 7.20. The molecule has 1 atom stereocenters. The quantitative estimate of drug-likeness (QED) is 0.591. The van der Waals surface area contributed by atoms with Crippen LogP contribution in [-0.2, 0) is 12.2 Å². The summed E-state index contributed by atoms with van der Waals surface area (Å²) in [5, 5.41) is 7.28. The van der Waals surface area contributed by atoms with Crippen LogP contribution in [0.1, 0.15) is 57.4 Å². The fourth-order valence-electron chi connectivity index (χ4n) is 3.78. The van der Waals surface area contributed by atoms with Crippen molar-refractivity contribution in [2.75, 3.05) is 0 Å². The Morgan fingerprint density at radius 1 is 1.18 bits per heavy atom. The SMILES string of the molecule is Cc1noc(C)c1CSc1ccccc1C(=O)NC1CCCc2ccccc21. The first-order chi connectivity index (χ1) is 13.6. The fourth-order valence-corrected chi connectivity index (χ4v) is 4.98. The lowest BCUT2D eigenvalue weighted by molar-refractivity contribution is 0.0930. The molecule has 0 radical (unpaired) electrons. The number of rotatable bonds is 5. The molecule has 0 spiro atoms. The van der Waals surface area contributed by atoms with Crippen molar-refractivity contribution in [2.45, 2.75) is 49.8 Å². The van der Waals surface area contributed by atoms with Gasteiger partial charge in [-0.25, -0.2) is 0 Å². The molecule has 28 heavy (non-hydrogen) atoms. The maximum Gasteiger partial charge on any atom is 0.252 e. The summed E-state index contributed by atoms with van der Waals surface area (Å²) in [5.74, 6) is 1.56. The molecular weight excluding hydrogens is 368 g/mol. The van der Waals surface area contributed by atoms with Gasteiger partial charge in [0.05, 0.1) is 17.3 Å². The number of nitrogens with zero attached hydrogens (tertiary/aromatic N) is 1. The van der Waals surface area contributed by atoms with Crippen LogP contribution >= 0.6 is 11.8 Å². The topological polar surface area (TPSA) is 55.1 Å². The Hall–Kier alpha value is -2.53. The van der Waals surface area contributed by atoms with Gasteiger partial charge in [0.2, 0.25) is 0 Å².